The van der Waals surface area contributed by atoms with Crippen LogP contribution in [-0.2, 0) is 0 Å². The number of alkyl halides is 2. The molecule has 0 unspecified atom stereocenters. The van der Waals surface area contributed by atoms with Gasteiger partial charge in [-0.15, -0.1) is 0 Å². The lowest BCUT2D eigenvalue weighted by molar-refractivity contribution is 0.0698. The van der Waals surface area contributed by atoms with Crippen molar-refractivity contribution in [1.29, 1.82) is 0 Å². The van der Waals surface area contributed by atoms with Gasteiger partial charge in [0.2, 0.25) is 6.43 Å². The number of hydrogen-bond acceptors (Lipinski definition) is 0. The summed E-state index contributed by atoms with van der Waals surface area (Å²) < 4.78 is 23.8. The molecule has 0 aliphatic rings. The van der Waals surface area contributed by atoms with E-state index >= 15 is 0 Å². The summed E-state index contributed by atoms with van der Waals surface area (Å²) in [5.41, 5.74) is 0. The average Bonchev–Trinajstić information content (AvgIpc) is 1.82. The molecule has 0 aliphatic heterocycles. The quantitative estimate of drug-likeness (QED) is 0.557. The van der Waals surface area contributed by atoms with E-state index in [1.807, 2.05) is 13.8 Å². The second-order valence-corrected chi connectivity index (χ2v) is 2.29. The Bertz CT molecular complexity index is 61.9. The second kappa shape index (κ2) is 4.71. The molecule has 0 aromatic rings. The predicted molar refractivity (Wildman–Crippen MR) is 34.7 cm³/mol. The Balaban J connectivity index is 3.41. The number of hydrogen-bond donors (Lipinski definition) is 0. The molecule has 2 heteroatoms. The van der Waals surface area contributed by atoms with E-state index in [-0.39, 0.29) is 5.92 Å². The van der Waals surface area contributed by atoms with Crippen molar-refractivity contribution in [3.05, 3.63) is 0 Å². The molecule has 0 nitrogen and oxygen atoms in total. The first-order valence-electron chi connectivity index (χ1n) is 3.50. The topological polar surface area (TPSA) is 0 Å². The van der Waals surface area contributed by atoms with E-state index in [0.717, 1.165) is 6.42 Å². The Labute approximate surface area is 55.3 Å². The van der Waals surface area contributed by atoms with E-state index in [1.54, 1.807) is 0 Å². The Morgan fingerprint density at radius 2 is 1.78 bits per heavy atom. The predicted octanol–water partition coefficient (Wildman–Crippen LogP) is 3.08. The fourth-order valence-corrected chi connectivity index (χ4v) is 0.879. The van der Waals surface area contributed by atoms with E-state index in [9.17, 15) is 8.78 Å². The van der Waals surface area contributed by atoms with Crippen LogP contribution < -0.4 is 0 Å². The third kappa shape index (κ3) is 3.44. The van der Waals surface area contributed by atoms with Crippen LogP contribution in [-0.4, -0.2) is 6.43 Å². The highest BCUT2D eigenvalue weighted by Gasteiger charge is 2.15. The van der Waals surface area contributed by atoms with Crippen molar-refractivity contribution in [2.24, 2.45) is 5.92 Å². The molecule has 0 aromatic heterocycles. The van der Waals surface area contributed by atoms with Crippen molar-refractivity contribution in [2.45, 2.75) is 39.5 Å². The molecule has 0 spiro atoms. The normalized spacial score (nSPS) is 14.3. The van der Waals surface area contributed by atoms with Crippen LogP contribution >= 0.6 is 0 Å². The molecule has 0 heterocycles. The van der Waals surface area contributed by atoms with Gasteiger partial charge in [-0.25, -0.2) is 8.78 Å². The van der Waals surface area contributed by atoms with Crippen molar-refractivity contribution >= 4 is 0 Å². The van der Waals surface area contributed by atoms with E-state index < -0.39 is 6.43 Å². The first kappa shape index (κ1) is 8.86. The molecule has 0 aliphatic carbocycles. The van der Waals surface area contributed by atoms with Crippen LogP contribution in [0.5, 0.6) is 0 Å². The highest BCUT2D eigenvalue weighted by molar-refractivity contribution is 4.57. The third-order valence-electron chi connectivity index (χ3n) is 1.54. The van der Waals surface area contributed by atoms with E-state index in [0.29, 0.717) is 12.8 Å². The summed E-state index contributed by atoms with van der Waals surface area (Å²) >= 11 is 0. The Hall–Kier alpha value is -0.140. The molecule has 0 radical (unpaired) electrons. The van der Waals surface area contributed by atoms with Crippen LogP contribution in [0.15, 0.2) is 0 Å². The lowest BCUT2D eigenvalue weighted by Gasteiger charge is -2.10. The highest BCUT2D eigenvalue weighted by atomic mass is 19.3. The first-order chi connectivity index (χ1) is 4.22. The van der Waals surface area contributed by atoms with Gasteiger partial charge in [0.1, 0.15) is 0 Å². The summed E-state index contributed by atoms with van der Waals surface area (Å²) in [6.07, 6.45) is 0.0117. The van der Waals surface area contributed by atoms with Crippen molar-refractivity contribution in [3.63, 3.8) is 0 Å². The van der Waals surface area contributed by atoms with Gasteiger partial charge in [-0.05, 0) is 12.8 Å². The standard InChI is InChI=1S/C7H14F2/c1-3-5-6(4-2)7(8)9/h6-7H,3-5H2,1-2H3/t6-/m0/s1. The van der Waals surface area contributed by atoms with Crippen molar-refractivity contribution < 1.29 is 8.78 Å². The van der Waals surface area contributed by atoms with Crippen molar-refractivity contribution in [1.82, 2.24) is 0 Å². The van der Waals surface area contributed by atoms with Gasteiger partial charge >= 0.3 is 0 Å². The van der Waals surface area contributed by atoms with Crippen LogP contribution in [0.4, 0.5) is 8.78 Å². The largest absolute Gasteiger partial charge is 0.241 e. The van der Waals surface area contributed by atoms with Crippen molar-refractivity contribution in [3.8, 4) is 0 Å². The molecule has 9 heavy (non-hydrogen) atoms. The monoisotopic (exact) mass is 136 g/mol. The summed E-state index contributed by atoms with van der Waals surface area (Å²) in [5, 5.41) is 0. The molecule has 0 N–H and O–H groups in total. The number of halogens is 2. The molecule has 0 fully saturated rings. The van der Waals surface area contributed by atoms with E-state index in [2.05, 4.69) is 0 Å². The minimum atomic E-state index is -2.12. The molecule has 0 rings (SSSR count). The third-order valence-corrected chi connectivity index (χ3v) is 1.54. The van der Waals surface area contributed by atoms with Crippen LogP contribution in [0.1, 0.15) is 33.1 Å². The minimum Gasteiger partial charge on any atom is -0.210 e. The summed E-state index contributed by atoms with van der Waals surface area (Å²) in [5.74, 6) is -0.366. The zero-order valence-corrected chi connectivity index (χ0v) is 6.03. The van der Waals surface area contributed by atoms with E-state index in [4.69, 9.17) is 0 Å². The summed E-state index contributed by atoms with van der Waals surface area (Å²) in [6, 6.07) is 0. The molecule has 0 amide bonds. The fraction of sp³-hybridized carbons (Fsp3) is 1.00. The zero-order valence-electron chi connectivity index (χ0n) is 6.03. The molecule has 0 bridgehead atoms. The van der Waals surface area contributed by atoms with Gasteiger partial charge in [-0.3, -0.25) is 0 Å². The van der Waals surface area contributed by atoms with Gasteiger partial charge in [-0.2, -0.15) is 0 Å². The molecule has 1 atom stereocenters. The van der Waals surface area contributed by atoms with Crippen LogP contribution in [0, 0.1) is 5.92 Å². The summed E-state index contributed by atoms with van der Waals surface area (Å²) in [4.78, 5) is 0. The second-order valence-electron chi connectivity index (χ2n) is 2.29. The molecule has 0 saturated heterocycles. The Kier molecular flexibility index (Phi) is 4.64. The minimum absolute atomic E-state index is 0.366. The van der Waals surface area contributed by atoms with Crippen molar-refractivity contribution in [2.75, 3.05) is 0 Å². The van der Waals surface area contributed by atoms with Crippen LogP contribution in [0.3, 0.4) is 0 Å². The lowest BCUT2D eigenvalue weighted by Crippen LogP contribution is -2.08. The molecular weight excluding hydrogens is 122 g/mol. The highest BCUT2D eigenvalue weighted by Crippen LogP contribution is 2.18. The van der Waals surface area contributed by atoms with E-state index in [1.165, 1.54) is 0 Å². The maximum absolute atomic E-state index is 11.9. The number of rotatable bonds is 4. The maximum atomic E-state index is 11.9. The van der Waals surface area contributed by atoms with Gasteiger partial charge in [0.15, 0.2) is 0 Å². The SMILES string of the molecule is CCC[C@H](CC)C(F)F. The summed E-state index contributed by atoms with van der Waals surface area (Å²) in [7, 11) is 0. The van der Waals surface area contributed by atoms with Gasteiger partial charge < -0.3 is 0 Å². The molecule has 56 valence electrons. The van der Waals surface area contributed by atoms with Crippen LogP contribution in [0.2, 0.25) is 0 Å². The summed E-state index contributed by atoms with van der Waals surface area (Å²) in [6.45, 7) is 3.75. The van der Waals surface area contributed by atoms with Gasteiger partial charge in [0, 0.05) is 5.92 Å². The van der Waals surface area contributed by atoms with Crippen LogP contribution in [0.25, 0.3) is 0 Å². The molecule has 0 saturated carbocycles. The lowest BCUT2D eigenvalue weighted by atomic mass is 10.0. The zero-order chi connectivity index (χ0) is 7.28. The van der Waals surface area contributed by atoms with Gasteiger partial charge in [0.25, 0.3) is 0 Å². The Morgan fingerprint density at radius 1 is 1.22 bits per heavy atom. The smallest absolute Gasteiger partial charge is 0.210 e. The van der Waals surface area contributed by atoms with Gasteiger partial charge in [-0.1, -0.05) is 20.3 Å². The molecular formula is C7H14F2. The first-order valence-corrected chi connectivity index (χ1v) is 3.50. The molecule has 0 aromatic carbocycles. The average molecular weight is 136 g/mol. The Morgan fingerprint density at radius 3 is 1.89 bits per heavy atom. The van der Waals surface area contributed by atoms with Gasteiger partial charge in [0.05, 0.1) is 0 Å². The maximum Gasteiger partial charge on any atom is 0.241 e. The fourth-order valence-electron chi connectivity index (χ4n) is 0.879.